The van der Waals surface area contributed by atoms with E-state index in [9.17, 15) is 22.8 Å². The van der Waals surface area contributed by atoms with Gasteiger partial charge in [-0.2, -0.15) is 8.42 Å². The van der Waals surface area contributed by atoms with Crippen molar-refractivity contribution in [1.29, 1.82) is 0 Å². The van der Waals surface area contributed by atoms with Crippen molar-refractivity contribution in [2.75, 3.05) is 38.5 Å². The Labute approximate surface area is 222 Å². The Morgan fingerprint density at radius 2 is 1.64 bits per heavy atom. The number of hydrogen-bond acceptors (Lipinski definition) is 7. The SMILES string of the molecule is CCOC(=O)C[NH+](CCNC(=O)CNC(=O)CSCc1ccccc1)S(=O)(=O)c1ccc(C)cc1.[Cl-]. The number of hydrogen-bond donors (Lipinski definition) is 3. The van der Waals surface area contributed by atoms with E-state index in [1.165, 1.54) is 23.9 Å². The molecule has 0 aliphatic carbocycles. The summed E-state index contributed by atoms with van der Waals surface area (Å²) in [6.07, 6.45) is 0. The maximum Gasteiger partial charge on any atom is 0.362 e. The van der Waals surface area contributed by atoms with Crippen LogP contribution in [0.3, 0.4) is 0 Å². The lowest BCUT2D eigenvalue weighted by Gasteiger charge is -2.18. The van der Waals surface area contributed by atoms with Crippen LogP contribution in [0.15, 0.2) is 59.5 Å². The third-order valence-electron chi connectivity index (χ3n) is 4.87. The Morgan fingerprint density at radius 1 is 0.972 bits per heavy atom. The van der Waals surface area contributed by atoms with Crippen LogP contribution in [0.5, 0.6) is 0 Å². The van der Waals surface area contributed by atoms with Gasteiger partial charge in [0.2, 0.25) is 11.8 Å². The zero-order valence-corrected chi connectivity index (χ0v) is 22.7. The monoisotopic (exact) mass is 557 g/mol. The zero-order chi connectivity index (χ0) is 25.7. The minimum Gasteiger partial charge on any atom is -1.00 e. The summed E-state index contributed by atoms with van der Waals surface area (Å²) in [6, 6.07) is 16.1. The molecule has 0 saturated heterocycles. The van der Waals surface area contributed by atoms with Gasteiger partial charge in [0.15, 0.2) is 6.54 Å². The Balaban J connectivity index is 0.00000648. The van der Waals surface area contributed by atoms with Crippen LogP contribution in [0.1, 0.15) is 18.1 Å². The van der Waals surface area contributed by atoms with Gasteiger partial charge >= 0.3 is 16.0 Å². The summed E-state index contributed by atoms with van der Waals surface area (Å²) in [5, 5.41) is 5.14. The third kappa shape index (κ3) is 11.0. The minimum absolute atomic E-state index is 0. The molecule has 2 aromatic carbocycles. The van der Waals surface area contributed by atoms with Crippen LogP contribution < -0.4 is 27.3 Å². The molecule has 1 atom stereocenters. The number of ether oxygens (including phenoxy) is 1. The largest absolute Gasteiger partial charge is 1.00 e. The molecule has 36 heavy (non-hydrogen) atoms. The predicted molar refractivity (Wildman–Crippen MR) is 134 cm³/mol. The fourth-order valence-corrected chi connectivity index (χ4v) is 5.37. The molecule has 0 radical (unpaired) electrons. The van der Waals surface area contributed by atoms with Gasteiger partial charge in [-0.1, -0.05) is 48.0 Å². The average Bonchev–Trinajstić information content (AvgIpc) is 2.83. The zero-order valence-electron chi connectivity index (χ0n) is 20.3. The van der Waals surface area contributed by atoms with E-state index in [1.807, 2.05) is 37.3 Å². The van der Waals surface area contributed by atoms with E-state index in [0.717, 1.165) is 11.1 Å². The van der Waals surface area contributed by atoms with Gasteiger partial charge in [0.25, 0.3) is 0 Å². The molecule has 2 rings (SSSR count). The van der Waals surface area contributed by atoms with E-state index in [-0.39, 0.29) is 59.5 Å². The second-order valence-corrected chi connectivity index (χ2v) is 10.7. The van der Waals surface area contributed by atoms with E-state index < -0.39 is 28.4 Å². The van der Waals surface area contributed by atoms with Gasteiger partial charge in [0.1, 0.15) is 11.4 Å². The maximum atomic E-state index is 13.1. The van der Waals surface area contributed by atoms with Crippen LogP contribution in [-0.4, -0.2) is 64.7 Å². The maximum absolute atomic E-state index is 13.1. The molecule has 0 aromatic heterocycles. The molecule has 9 nitrogen and oxygen atoms in total. The molecule has 0 bridgehead atoms. The van der Waals surface area contributed by atoms with Crippen LogP contribution in [0, 0.1) is 6.92 Å². The number of carbonyl (C=O) groups excluding carboxylic acids is 3. The van der Waals surface area contributed by atoms with Gasteiger partial charge in [-0.05, 0) is 31.5 Å². The van der Waals surface area contributed by atoms with Crippen LogP contribution in [0.25, 0.3) is 0 Å². The smallest absolute Gasteiger partial charge is 0.362 e. The Kier molecular flexibility index (Phi) is 14.1. The standard InChI is InChI=1S/C24H31N3O6S2.ClH/c1-3-33-24(30)16-27(35(31,32)21-11-9-19(2)10-12-21)14-13-25-22(28)15-26-23(29)18-34-17-20-7-5-4-6-8-20;/h4-12H,3,13-18H2,1-2H3,(H,25,28)(H,26,29);1H. The van der Waals surface area contributed by atoms with E-state index in [1.54, 1.807) is 19.1 Å². The van der Waals surface area contributed by atoms with Gasteiger partial charge in [0, 0.05) is 5.75 Å². The predicted octanol–water partition coefficient (Wildman–Crippen LogP) is -2.70. The molecule has 198 valence electrons. The van der Waals surface area contributed by atoms with Crippen molar-refractivity contribution in [3.63, 3.8) is 0 Å². The topological polar surface area (TPSA) is 123 Å². The van der Waals surface area contributed by atoms with Crippen LogP contribution in [-0.2, 0) is 34.9 Å². The van der Waals surface area contributed by atoms with Crippen molar-refractivity contribution in [1.82, 2.24) is 10.6 Å². The number of halogens is 1. The Bertz CT molecular complexity index is 1080. The summed E-state index contributed by atoms with van der Waals surface area (Å²) in [4.78, 5) is 36.2. The fourth-order valence-electron chi connectivity index (χ4n) is 3.04. The lowest BCUT2D eigenvalue weighted by molar-refractivity contribution is -0.757. The molecular formula is C24H32ClN3O6S2. The van der Waals surface area contributed by atoms with Crippen molar-refractivity contribution < 1.29 is 44.3 Å². The van der Waals surface area contributed by atoms with Crippen LogP contribution in [0.4, 0.5) is 0 Å². The molecule has 0 heterocycles. The number of aryl methyl sites for hydroxylation is 1. The summed E-state index contributed by atoms with van der Waals surface area (Å²) < 4.78 is 31.0. The van der Waals surface area contributed by atoms with Gasteiger partial charge in [-0.15, -0.1) is 11.8 Å². The normalized spacial score (nSPS) is 11.6. The first kappa shape index (κ1) is 31.4. The number of amides is 2. The highest BCUT2D eigenvalue weighted by Gasteiger charge is 2.31. The van der Waals surface area contributed by atoms with Crippen molar-refractivity contribution in [2.45, 2.75) is 24.5 Å². The van der Waals surface area contributed by atoms with Crippen LogP contribution >= 0.6 is 11.8 Å². The van der Waals surface area contributed by atoms with Crippen molar-refractivity contribution in [3.05, 3.63) is 65.7 Å². The second-order valence-electron chi connectivity index (χ2n) is 7.69. The van der Waals surface area contributed by atoms with Gasteiger partial charge in [0.05, 0.1) is 25.4 Å². The summed E-state index contributed by atoms with van der Waals surface area (Å²) in [5.74, 6) is -0.458. The first-order chi connectivity index (χ1) is 16.7. The fraction of sp³-hybridized carbons (Fsp3) is 0.375. The minimum atomic E-state index is -3.90. The second kappa shape index (κ2) is 16.2. The van der Waals surface area contributed by atoms with Crippen molar-refractivity contribution >= 4 is 39.6 Å². The number of esters is 1. The van der Waals surface area contributed by atoms with E-state index >= 15 is 0 Å². The third-order valence-corrected chi connectivity index (χ3v) is 7.88. The summed E-state index contributed by atoms with van der Waals surface area (Å²) in [6.45, 7) is 2.95. The molecule has 0 aliphatic rings. The first-order valence-electron chi connectivity index (χ1n) is 11.2. The summed E-state index contributed by atoms with van der Waals surface area (Å²) in [5.41, 5.74) is 2.02. The highest BCUT2D eigenvalue weighted by Crippen LogP contribution is 2.11. The summed E-state index contributed by atoms with van der Waals surface area (Å²) in [7, 11) is -3.90. The van der Waals surface area contributed by atoms with Gasteiger partial charge in [-0.25, -0.2) is 9.10 Å². The molecule has 2 amide bonds. The molecule has 3 N–H and O–H groups in total. The number of benzene rings is 2. The molecule has 1 unspecified atom stereocenters. The molecule has 0 fully saturated rings. The van der Waals surface area contributed by atoms with Crippen LogP contribution in [0.2, 0.25) is 0 Å². The molecular weight excluding hydrogens is 526 g/mol. The number of thioether (sulfide) groups is 1. The highest BCUT2D eigenvalue weighted by atomic mass is 35.5. The summed E-state index contributed by atoms with van der Waals surface area (Å²) >= 11 is 1.44. The number of carbonyl (C=O) groups is 3. The number of sulfonamides is 1. The van der Waals surface area contributed by atoms with E-state index in [2.05, 4.69) is 10.6 Å². The quantitative estimate of drug-likeness (QED) is 0.216. The van der Waals surface area contributed by atoms with E-state index in [4.69, 9.17) is 4.74 Å². The first-order valence-corrected chi connectivity index (χ1v) is 13.8. The number of rotatable bonds is 14. The lowest BCUT2D eigenvalue weighted by Crippen LogP contribution is -3.15. The van der Waals surface area contributed by atoms with Gasteiger partial charge < -0.3 is 27.8 Å². The average molecular weight is 558 g/mol. The molecule has 0 spiro atoms. The number of quaternary nitrogens is 1. The number of nitrogens with one attached hydrogen (secondary N) is 3. The van der Waals surface area contributed by atoms with E-state index in [0.29, 0.717) is 5.75 Å². The molecule has 0 saturated carbocycles. The van der Waals surface area contributed by atoms with Crippen molar-refractivity contribution in [2.24, 2.45) is 0 Å². The van der Waals surface area contributed by atoms with Crippen molar-refractivity contribution in [3.8, 4) is 0 Å². The Hall–Kier alpha value is -2.60. The molecule has 2 aromatic rings. The molecule has 0 aliphatic heterocycles. The molecule has 12 heteroatoms. The Morgan fingerprint density at radius 3 is 2.28 bits per heavy atom. The lowest BCUT2D eigenvalue weighted by atomic mass is 10.2. The van der Waals surface area contributed by atoms with Gasteiger partial charge in [-0.3, -0.25) is 9.59 Å². The highest BCUT2D eigenvalue weighted by molar-refractivity contribution is 7.99.